The van der Waals surface area contributed by atoms with Gasteiger partial charge in [-0.05, 0) is 60.7 Å². The lowest BCUT2D eigenvalue weighted by molar-refractivity contribution is 0.102. The third-order valence-electron chi connectivity index (χ3n) is 4.17. The van der Waals surface area contributed by atoms with Gasteiger partial charge in [0.2, 0.25) is 0 Å². The predicted molar refractivity (Wildman–Crippen MR) is 96.3 cm³/mol. The molecule has 0 aliphatic heterocycles. The Morgan fingerprint density at radius 3 is 2.39 bits per heavy atom. The molecule has 2 aromatic carbocycles. The Morgan fingerprint density at radius 2 is 1.74 bits per heavy atom. The topological polar surface area (TPSA) is 44.9 Å². The molecule has 2 N–H and O–H groups in total. The van der Waals surface area contributed by atoms with E-state index in [1.165, 1.54) is 16.7 Å². The van der Waals surface area contributed by atoms with Crippen LogP contribution in [-0.4, -0.2) is 10.9 Å². The maximum absolute atomic E-state index is 12.5. The molecule has 1 heterocycles. The standard InChI is InChI=1S/C20H22N2O/c1-12(2)15-5-7-16(8-6-15)21-20(23)19-11-17-14(4)9-13(3)10-18(17)22-19/h5-12,22H,1-4H3,(H,21,23). The summed E-state index contributed by atoms with van der Waals surface area (Å²) in [6.45, 7) is 8.43. The van der Waals surface area contributed by atoms with Crippen LogP contribution in [0, 0.1) is 13.8 Å². The molecule has 0 bridgehead atoms. The smallest absolute Gasteiger partial charge is 0.272 e. The summed E-state index contributed by atoms with van der Waals surface area (Å²) in [6.07, 6.45) is 0. The average molecular weight is 306 g/mol. The molecule has 0 atom stereocenters. The van der Waals surface area contributed by atoms with E-state index >= 15 is 0 Å². The highest BCUT2D eigenvalue weighted by Gasteiger charge is 2.11. The second-order valence-electron chi connectivity index (χ2n) is 6.46. The van der Waals surface area contributed by atoms with E-state index in [1.807, 2.05) is 18.2 Å². The largest absolute Gasteiger partial charge is 0.351 e. The van der Waals surface area contributed by atoms with Gasteiger partial charge in [-0.25, -0.2) is 0 Å². The van der Waals surface area contributed by atoms with Crippen molar-refractivity contribution in [1.82, 2.24) is 4.98 Å². The number of nitrogens with one attached hydrogen (secondary N) is 2. The molecule has 0 saturated carbocycles. The van der Waals surface area contributed by atoms with Crippen LogP contribution >= 0.6 is 0 Å². The number of aryl methyl sites for hydroxylation is 2. The summed E-state index contributed by atoms with van der Waals surface area (Å²) in [5, 5.41) is 4.04. The number of hydrogen-bond acceptors (Lipinski definition) is 1. The average Bonchev–Trinajstić information content (AvgIpc) is 2.92. The molecule has 3 nitrogen and oxygen atoms in total. The summed E-state index contributed by atoms with van der Waals surface area (Å²) in [6, 6.07) is 14.1. The highest BCUT2D eigenvalue weighted by Crippen LogP contribution is 2.22. The monoisotopic (exact) mass is 306 g/mol. The van der Waals surface area contributed by atoms with E-state index in [4.69, 9.17) is 0 Å². The van der Waals surface area contributed by atoms with Crippen molar-refractivity contribution in [2.24, 2.45) is 0 Å². The van der Waals surface area contributed by atoms with Gasteiger partial charge in [0.25, 0.3) is 5.91 Å². The number of carbonyl (C=O) groups is 1. The van der Waals surface area contributed by atoms with Gasteiger partial charge in [-0.15, -0.1) is 0 Å². The van der Waals surface area contributed by atoms with Crippen molar-refractivity contribution in [3.05, 3.63) is 64.8 Å². The minimum absolute atomic E-state index is 0.115. The first-order valence-electron chi connectivity index (χ1n) is 7.95. The van der Waals surface area contributed by atoms with Crippen LogP contribution in [0.25, 0.3) is 10.9 Å². The van der Waals surface area contributed by atoms with Gasteiger partial charge in [0.05, 0.1) is 0 Å². The van der Waals surface area contributed by atoms with Gasteiger partial charge in [0.1, 0.15) is 5.69 Å². The van der Waals surface area contributed by atoms with E-state index in [0.717, 1.165) is 16.6 Å². The summed E-state index contributed by atoms with van der Waals surface area (Å²) < 4.78 is 0. The van der Waals surface area contributed by atoms with Gasteiger partial charge in [-0.2, -0.15) is 0 Å². The zero-order valence-electron chi connectivity index (χ0n) is 14.0. The molecule has 0 fully saturated rings. The van der Waals surface area contributed by atoms with Crippen molar-refractivity contribution in [3.63, 3.8) is 0 Å². The Labute approximate surface area is 136 Å². The summed E-state index contributed by atoms with van der Waals surface area (Å²) >= 11 is 0. The molecule has 0 radical (unpaired) electrons. The molecule has 1 aromatic heterocycles. The molecule has 118 valence electrons. The van der Waals surface area contributed by atoms with Crippen LogP contribution in [-0.2, 0) is 0 Å². The lowest BCUT2D eigenvalue weighted by Crippen LogP contribution is -2.12. The van der Waals surface area contributed by atoms with Gasteiger partial charge in [-0.3, -0.25) is 4.79 Å². The SMILES string of the molecule is Cc1cc(C)c2cc(C(=O)Nc3ccc(C(C)C)cc3)[nH]c2c1. The van der Waals surface area contributed by atoms with Gasteiger partial charge in [0.15, 0.2) is 0 Å². The number of fused-ring (bicyclic) bond motifs is 1. The molecule has 3 aromatic rings. The third-order valence-corrected chi connectivity index (χ3v) is 4.17. The van der Waals surface area contributed by atoms with E-state index in [2.05, 4.69) is 62.3 Å². The predicted octanol–water partition coefficient (Wildman–Crippen LogP) is 5.16. The van der Waals surface area contributed by atoms with E-state index in [1.54, 1.807) is 0 Å². The van der Waals surface area contributed by atoms with Crippen LogP contribution in [0.1, 0.15) is 46.9 Å². The molecule has 23 heavy (non-hydrogen) atoms. The second-order valence-corrected chi connectivity index (χ2v) is 6.46. The van der Waals surface area contributed by atoms with Crippen LogP contribution in [0.15, 0.2) is 42.5 Å². The van der Waals surface area contributed by atoms with Crippen LogP contribution in [0.4, 0.5) is 5.69 Å². The molecule has 3 rings (SSSR count). The molecule has 0 spiro atoms. The highest BCUT2D eigenvalue weighted by atomic mass is 16.1. The summed E-state index contributed by atoms with van der Waals surface area (Å²) in [4.78, 5) is 15.7. The number of rotatable bonds is 3. The maximum atomic E-state index is 12.5. The fourth-order valence-corrected chi connectivity index (χ4v) is 2.87. The number of aromatic amines is 1. The van der Waals surface area contributed by atoms with Gasteiger partial charge in [0, 0.05) is 16.6 Å². The first-order chi connectivity index (χ1) is 10.9. The number of H-pyrrole nitrogens is 1. The minimum atomic E-state index is -0.115. The third kappa shape index (κ3) is 3.14. The molecule has 0 aliphatic carbocycles. The van der Waals surface area contributed by atoms with Crippen LogP contribution < -0.4 is 5.32 Å². The summed E-state index contributed by atoms with van der Waals surface area (Å²) in [5.74, 6) is 0.371. The normalized spacial score (nSPS) is 11.2. The Morgan fingerprint density at radius 1 is 1.04 bits per heavy atom. The van der Waals surface area contributed by atoms with Crippen molar-refractivity contribution < 1.29 is 4.79 Å². The number of aromatic nitrogens is 1. The van der Waals surface area contributed by atoms with E-state index in [-0.39, 0.29) is 5.91 Å². The molecular weight excluding hydrogens is 284 g/mol. The molecule has 0 saturated heterocycles. The Bertz CT molecular complexity index is 857. The number of benzene rings is 2. The second kappa shape index (κ2) is 5.92. The number of amides is 1. The lowest BCUT2D eigenvalue weighted by Gasteiger charge is -2.07. The lowest BCUT2D eigenvalue weighted by atomic mass is 10.0. The van der Waals surface area contributed by atoms with Crippen molar-refractivity contribution in [2.45, 2.75) is 33.6 Å². The molecule has 0 aliphatic rings. The molecule has 1 amide bonds. The molecular formula is C20H22N2O. The number of carbonyl (C=O) groups excluding carboxylic acids is 1. The van der Waals surface area contributed by atoms with Crippen LogP contribution in [0.2, 0.25) is 0 Å². The summed E-state index contributed by atoms with van der Waals surface area (Å²) in [5.41, 5.74) is 6.03. The van der Waals surface area contributed by atoms with Gasteiger partial charge < -0.3 is 10.3 Å². The maximum Gasteiger partial charge on any atom is 0.272 e. The fourth-order valence-electron chi connectivity index (χ4n) is 2.87. The zero-order valence-corrected chi connectivity index (χ0v) is 14.0. The Kier molecular flexibility index (Phi) is 3.95. The van der Waals surface area contributed by atoms with Gasteiger partial charge >= 0.3 is 0 Å². The number of anilines is 1. The van der Waals surface area contributed by atoms with E-state index in [9.17, 15) is 4.79 Å². The van der Waals surface area contributed by atoms with Crippen LogP contribution in [0.5, 0.6) is 0 Å². The Hall–Kier alpha value is -2.55. The van der Waals surface area contributed by atoms with Crippen molar-refractivity contribution in [2.75, 3.05) is 5.32 Å². The van der Waals surface area contributed by atoms with Crippen molar-refractivity contribution in [3.8, 4) is 0 Å². The molecule has 3 heteroatoms. The zero-order chi connectivity index (χ0) is 16.6. The Balaban J connectivity index is 1.84. The fraction of sp³-hybridized carbons (Fsp3) is 0.250. The quantitative estimate of drug-likeness (QED) is 0.689. The van der Waals surface area contributed by atoms with Crippen LogP contribution in [0.3, 0.4) is 0 Å². The van der Waals surface area contributed by atoms with E-state index < -0.39 is 0 Å². The van der Waals surface area contributed by atoms with Gasteiger partial charge in [-0.1, -0.05) is 32.0 Å². The minimum Gasteiger partial charge on any atom is -0.351 e. The highest BCUT2D eigenvalue weighted by molar-refractivity contribution is 6.06. The summed E-state index contributed by atoms with van der Waals surface area (Å²) in [7, 11) is 0. The molecule has 0 unspecified atom stereocenters. The van der Waals surface area contributed by atoms with Crippen molar-refractivity contribution in [1.29, 1.82) is 0 Å². The first kappa shape index (κ1) is 15.3. The first-order valence-corrected chi connectivity index (χ1v) is 7.95. The van der Waals surface area contributed by atoms with E-state index in [0.29, 0.717) is 11.6 Å². The number of hydrogen-bond donors (Lipinski definition) is 2. The van der Waals surface area contributed by atoms with Crippen molar-refractivity contribution >= 4 is 22.5 Å².